The van der Waals surface area contributed by atoms with Crippen LogP contribution in [0, 0.1) is 11.3 Å². The van der Waals surface area contributed by atoms with Crippen molar-refractivity contribution < 1.29 is 18.8 Å². The number of nitrogens with one attached hydrogen (secondary N) is 1. The molecule has 1 aliphatic heterocycles. The molecular formula is C32H35N5O4. The van der Waals surface area contributed by atoms with Gasteiger partial charge in [0.15, 0.2) is 5.76 Å². The van der Waals surface area contributed by atoms with Crippen molar-refractivity contribution in [1.29, 1.82) is 5.26 Å². The van der Waals surface area contributed by atoms with Crippen LogP contribution in [0.2, 0.25) is 0 Å². The Morgan fingerprint density at radius 1 is 0.976 bits per heavy atom. The van der Waals surface area contributed by atoms with Gasteiger partial charge in [-0.1, -0.05) is 13.8 Å². The van der Waals surface area contributed by atoms with Crippen LogP contribution in [-0.4, -0.2) is 59.9 Å². The predicted octanol–water partition coefficient (Wildman–Crippen LogP) is 5.12. The molecule has 9 heteroatoms. The number of carbonyl (C=O) groups excluding carboxylic acids is 3. The topological polar surface area (TPSA) is 112 Å². The van der Waals surface area contributed by atoms with Crippen molar-refractivity contribution in [3.05, 3.63) is 65.5 Å². The number of rotatable bonds is 9. The number of piperazine rings is 1. The van der Waals surface area contributed by atoms with E-state index < -0.39 is 5.91 Å². The van der Waals surface area contributed by atoms with Crippen molar-refractivity contribution in [1.82, 2.24) is 14.8 Å². The molecular weight excluding hydrogens is 518 g/mol. The number of anilines is 1. The van der Waals surface area contributed by atoms with Crippen molar-refractivity contribution in [2.45, 2.75) is 46.0 Å². The van der Waals surface area contributed by atoms with Gasteiger partial charge in [0.1, 0.15) is 5.58 Å². The summed E-state index contributed by atoms with van der Waals surface area (Å²) in [5, 5.41) is 13.5. The fourth-order valence-corrected chi connectivity index (χ4v) is 5.44. The predicted molar refractivity (Wildman–Crippen MR) is 158 cm³/mol. The number of nitrogens with zero attached hydrogens (tertiary/aromatic N) is 4. The number of fused-ring (bicyclic) bond motifs is 2. The smallest absolute Gasteiger partial charge is 0.293 e. The van der Waals surface area contributed by atoms with E-state index in [-0.39, 0.29) is 24.0 Å². The van der Waals surface area contributed by atoms with Gasteiger partial charge in [0.05, 0.1) is 17.1 Å². The van der Waals surface area contributed by atoms with Gasteiger partial charge in [-0.25, -0.2) is 0 Å². The first-order valence-corrected chi connectivity index (χ1v) is 14.3. The number of aryl methyl sites for hydroxylation is 1. The molecule has 0 saturated carbocycles. The van der Waals surface area contributed by atoms with Crippen LogP contribution in [0.3, 0.4) is 0 Å². The zero-order valence-corrected chi connectivity index (χ0v) is 23.6. The average Bonchev–Trinajstić information content (AvgIpc) is 3.60. The van der Waals surface area contributed by atoms with Crippen LogP contribution >= 0.6 is 0 Å². The average molecular weight is 554 g/mol. The van der Waals surface area contributed by atoms with Gasteiger partial charge in [0, 0.05) is 61.7 Å². The number of nitriles is 1. The van der Waals surface area contributed by atoms with E-state index in [9.17, 15) is 19.6 Å². The molecule has 2 aromatic carbocycles. The monoisotopic (exact) mass is 553 g/mol. The summed E-state index contributed by atoms with van der Waals surface area (Å²) in [7, 11) is 0. The molecule has 1 aliphatic rings. The van der Waals surface area contributed by atoms with Crippen molar-refractivity contribution >= 4 is 45.3 Å². The molecule has 5 rings (SSSR count). The Morgan fingerprint density at radius 3 is 2.51 bits per heavy atom. The van der Waals surface area contributed by atoms with Crippen molar-refractivity contribution in [2.75, 3.05) is 37.6 Å². The van der Waals surface area contributed by atoms with Crippen LogP contribution in [0.15, 0.2) is 53.1 Å². The minimum Gasteiger partial charge on any atom is -0.451 e. The quantitative estimate of drug-likeness (QED) is 0.286. The zero-order valence-electron chi connectivity index (χ0n) is 23.6. The molecule has 0 radical (unpaired) electrons. The van der Waals surface area contributed by atoms with Gasteiger partial charge in [-0.2, -0.15) is 5.26 Å². The highest BCUT2D eigenvalue weighted by molar-refractivity contribution is 6.05. The first-order valence-electron chi connectivity index (χ1n) is 14.3. The Kier molecular flexibility index (Phi) is 8.50. The van der Waals surface area contributed by atoms with Crippen molar-refractivity contribution in [3.8, 4) is 6.07 Å². The fraction of sp³-hybridized carbons (Fsp3) is 0.375. The maximum absolute atomic E-state index is 12.5. The van der Waals surface area contributed by atoms with Crippen LogP contribution in [0.25, 0.3) is 21.9 Å². The van der Waals surface area contributed by atoms with Gasteiger partial charge in [0.25, 0.3) is 5.91 Å². The van der Waals surface area contributed by atoms with E-state index in [1.54, 1.807) is 23.6 Å². The first-order chi connectivity index (χ1) is 19.9. The van der Waals surface area contributed by atoms with Crippen molar-refractivity contribution in [2.24, 2.45) is 0 Å². The Labute approximate surface area is 239 Å². The molecule has 4 aromatic rings. The van der Waals surface area contributed by atoms with Crippen LogP contribution in [0.5, 0.6) is 0 Å². The highest BCUT2D eigenvalue weighted by Gasteiger charge is 2.20. The van der Waals surface area contributed by atoms with Gasteiger partial charge < -0.3 is 9.32 Å². The number of furan rings is 1. The van der Waals surface area contributed by atoms with Gasteiger partial charge in [-0.15, -0.1) is 0 Å². The number of hydrogen-bond donors (Lipinski definition) is 1. The Bertz CT molecular complexity index is 1640. The summed E-state index contributed by atoms with van der Waals surface area (Å²) in [6, 6.07) is 15.4. The highest BCUT2D eigenvalue weighted by atomic mass is 16.3. The number of hydrogen-bond acceptors (Lipinski definition) is 7. The SMILES string of the molecule is CCC(=O)NC(=O)c1cc2cc(N3CCN(CCCCc4cn(C(=O)CC)c5ccc(C#N)cc45)CC3)ccc2o1. The summed E-state index contributed by atoms with van der Waals surface area (Å²) in [6.07, 6.45) is 5.55. The second kappa shape index (κ2) is 12.4. The second-order valence-electron chi connectivity index (χ2n) is 10.5. The number of carbonyl (C=O) groups is 3. The number of benzene rings is 2. The standard InChI is InChI=1S/C32H35N5O4/c1-3-30(38)34-32(40)29-19-24-18-25(9-11-28(24)41-29)36-15-13-35(14-16-36)12-6-5-7-23-21-37(31(39)4-2)27-10-8-22(20-33)17-26(23)27/h8-11,17-19,21H,3-7,12-16H2,1-2H3,(H,34,38,40). The maximum atomic E-state index is 12.5. The Morgan fingerprint density at radius 2 is 1.78 bits per heavy atom. The minimum atomic E-state index is -0.518. The molecule has 41 heavy (non-hydrogen) atoms. The normalized spacial score (nSPS) is 13.9. The van der Waals surface area contributed by atoms with E-state index in [2.05, 4.69) is 21.2 Å². The third-order valence-corrected chi connectivity index (χ3v) is 7.79. The summed E-state index contributed by atoms with van der Waals surface area (Å²) in [5.41, 5.74) is 4.31. The van der Waals surface area contributed by atoms with Crippen LogP contribution in [0.4, 0.5) is 5.69 Å². The lowest BCUT2D eigenvalue weighted by Crippen LogP contribution is -2.46. The second-order valence-corrected chi connectivity index (χ2v) is 10.5. The summed E-state index contributed by atoms with van der Waals surface area (Å²) < 4.78 is 7.38. The summed E-state index contributed by atoms with van der Waals surface area (Å²) in [5.74, 6) is -0.657. The maximum Gasteiger partial charge on any atom is 0.293 e. The summed E-state index contributed by atoms with van der Waals surface area (Å²) in [4.78, 5) is 41.1. The molecule has 1 N–H and O–H groups in total. The number of imide groups is 1. The molecule has 2 aromatic heterocycles. The molecule has 1 fully saturated rings. The minimum absolute atomic E-state index is 0.0603. The zero-order chi connectivity index (χ0) is 28.9. The number of unbranched alkanes of at least 4 members (excludes halogenated alkanes) is 1. The lowest BCUT2D eigenvalue weighted by Gasteiger charge is -2.36. The molecule has 1 saturated heterocycles. The first kappa shape index (κ1) is 28.1. The van der Waals surface area contributed by atoms with Gasteiger partial charge >= 0.3 is 0 Å². The molecule has 3 heterocycles. The Hall–Kier alpha value is -4.42. The number of aromatic nitrogens is 1. The summed E-state index contributed by atoms with van der Waals surface area (Å²) in [6.45, 7) is 8.31. The molecule has 0 atom stereocenters. The lowest BCUT2D eigenvalue weighted by atomic mass is 10.0. The molecule has 0 aliphatic carbocycles. The molecule has 0 bridgehead atoms. The fourth-order valence-electron chi connectivity index (χ4n) is 5.44. The Balaban J connectivity index is 1.13. The third-order valence-electron chi connectivity index (χ3n) is 7.79. The van der Waals surface area contributed by atoms with E-state index >= 15 is 0 Å². The van der Waals surface area contributed by atoms with Crippen LogP contribution in [0.1, 0.15) is 66.0 Å². The van der Waals surface area contributed by atoms with E-state index in [1.165, 1.54) is 0 Å². The molecule has 212 valence electrons. The molecule has 2 amide bonds. The lowest BCUT2D eigenvalue weighted by molar-refractivity contribution is -0.119. The van der Waals surface area contributed by atoms with Crippen molar-refractivity contribution in [3.63, 3.8) is 0 Å². The van der Waals surface area contributed by atoms with E-state index in [0.717, 1.165) is 79.5 Å². The van der Waals surface area contributed by atoms with Crippen LogP contribution < -0.4 is 10.2 Å². The summed E-state index contributed by atoms with van der Waals surface area (Å²) >= 11 is 0. The van der Waals surface area contributed by atoms with E-state index in [0.29, 0.717) is 17.6 Å². The van der Waals surface area contributed by atoms with Crippen LogP contribution in [-0.2, 0) is 11.2 Å². The molecule has 0 spiro atoms. The molecule has 0 unspecified atom stereocenters. The van der Waals surface area contributed by atoms with Gasteiger partial charge in [0.2, 0.25) is 11.8 Å². The van der Waals surface area contributed by atoms with E-state index in [4.69, 9.17) is 4.42 Å². The van der Waals surface area contributed by atoms with Gasteiger partial charge in [-0.05, 0) is 73.8 Å². The third kappa shape index (κ3) is 6.18. The van der Waals surface area contributed by atoms with Gasteiger partial charge in [-0.3, -0.25) is 29.2 Å². The number of amides is 2. The largest absolute Gasteiger partial charge is 0.451 e. The highest BCUT2D eigenvalue weighted by Crippen LogP contribution is 2.27. The van der Waals surface area contributed by atoms with E-state index in [1.807, 2.05) is 43.5 Å². The molecule has 9 nitrogen and oxygen atoms in total.